The van der Waals surface area contributed by atoms with Gasteiger partial charge in [0.25, 0.3) is 0 Å². The maximum Gasteiger partial charge on any atom is 0.228 e. The first-order valence-corrected chi connectivity index (χ1v) is 8.06. The number of hydrogen-bond acceptors (Lipinski definition) is 2. The minimum Gasteiger partial charge on any atom is -0.342 e. The van der Waals surface area contributed by atoms with E-state index in [-0.39, 0.29) is 5.41 Å². The molecule has 3 rings (SSSR count). The Balaban J connectivity index is 1.63. The van der Waals surface area contributed by atoms with Crippen LogP contribution in [0.5, 0.6) is 0 Å². The van der Waals surface area contributed by atoms with E-state index in [1.54, 1.807) is 0 Å². The van der Waals surface area contributed by atoms with Crippen molar-refractivity contribution in [3.8, 4) is 0 Å². The maximum absolute atomic E-state index is 12.8. The molecule has 3 nitrogen and oxygen atoms in total. The summed E-state index contributed by atoms with van der Waals surface area (Å²) in [6.45, 7) is 8.81. The molecule has 19 heavy (non-hydrogen) atoms. The lowest BCUT2D eigenvalue weighted by atomic mass is 9.78. The highest BCUT2D eigenvalue weighted by atomic mass is 16.2. The zero-order chi connectivity index (χ0) is 13.5. The molecule has 1 spiro atoms. The van der Waals surface area contributed by atoms with Gasteiger partial charge in [0, 0.05) is 18.5 Å². The largest absolute Gasteiger partial charge is 0.342 e. The fraction of sp³-hybridized carbons (Fsp3) is 0.938. The van der Waals surface area contributed by atoms with Gasteiger partial charge in [0.1, 0.15) is 0 Å². The fourth-order valence-corrected chi connectivity index (χ4v) is 4.25. The standard InChI is InChI=1S/C16H28N2O/c1-13(2)11-16(3-4-16)14(19)18-10-7-15(12-18)5-8-17-9-6-15/h13,17H,3-12H2,1-2H3. The Labute approximate surface area is 117 Å². The van der Waals surface area contributed by atoms with Crippen molar-refractivity contribution >= 4 is 5.91 Å². The quantitative estimate of drug-likeness (QED) is 0.849. The molecule has 0 aromatic rings. The van der Waals surface area contributed by atoms with E-state index in [4.69, 9.17) is 0 Å². The smallest absolute Gasteiger partial charge is 0.228 e. The van der Waals surface area contributed by atoms with Crippen molar-refractivity contribution in [2.45, 2.75) is 52.4 Å². The van der Waals surface area contributed by atoms with Crippen LogP contribution in [0, 0.1) is 16.7 Å². The summed E-state index contributed by atoms with van der Waals surface area (Å²) in [5.74, 6) is 1.12. The lowest BCUT2D eigenvalue weighted by Crippen LogP contribution is -2.41. The highest BCUT2D eigenvalue weighted by Gasteiger charge is 2.53. The molecule has 0 radical (unpaired) electrons. The highest BCUT2D eigenvalue weighted by Crippen LogP contribution is 2.53. The predicted molar refractivity (Wildman–Crippen MR) is 76.9 cm³/mol. The van der Waals surface area contributed by atoms with Gasteiger partial charge >= 0.3 is 0 Å². The molecule has 2 saturated heterocycles. The van der Waals surface area contributed by atoms with Crippen LogP contribution in [0.25, 0.3) is 0 Å². The number of rotatable bonds is 3. The molecule has 1 saturated carbocycles. The second-order valence-corrected chi connectivity index (χ2v) is 7.61. The summed E-state index contributed by atoms with van der Waals surface area (Å²) in [6, 6.07) is 0. The van der Waals surface area contributed by atoms with Gasteiger partial charge < -0.3 is 10.2 Å². The van der Waals surface area contributed by atoms with E-state index >= 15 is 0 Å². The van der Waals surface area contributed by atoms with Crippen molar-refractivity contribution in [1.29, 1.82) is 0 Å². The minimum absolute atomic E-state index is 0.0482. The molecule has 3 fully saturated rings. The van der Waals surface area contributed by atoms with Gasteiger partial charge in [0.2, 0.25) is 5.91 Å². The van der Waals surface area contributed by atoms with Crippen molar-refractivity contribution in [2.75, 3.05) is 26.2 Å². The van der Waals surface area contributed by atoms with Crippen LogP contribution in [0.15, 0.2) is 0 Å². The lowest BCUT2D eigenvalue weighted by Gasteiger charge is -2.34. The third-order valence-electron chi connectivity index (χ3n) is 5.50. The lowest BCUT2D eigenvalue weighted by molar-refractivity contribution is -0.137. The molecule has 3 heteroatoms. The normalized spacial score (nSPS) is 28.1. The van der Waals surface area contributed by atoms with Gasteiger partial charge in [-0.05, 0) is 62.9 Å². The predicted octanol–water partition coefficient (Wildman–Crippen LogP) is 2.41. The summed E-state index contributed by atoms with van der Waals surface area (Å²) >= 11 is 0. The Morgan fingerprint density at radius 3 is 2.42 bits per heavy atom. The van der Waals surface area contributed by atoms with Crippen LogP contribution in [-0.2, 0) is 4.79 Å². The van der Waals surface area contributed by atoms with Gasteiger partial charge in [-0.3, -0.25) is 4.79 Å². The van der Waals surface area contributed by atoms with E-state index in [9.17, 15) is 4.79 Å². The fourth-order valence-electron chi connectivity index (χ4n) is 4.25. The summed E-state index contributed by atoms with van der Waals surface area (Å²) < 4.78 is 0. The van der Waals surface area contributed by atoms with Crippen molar-refractivity contribution < 1.29 is 4.79 Å². The number of piperidine rings is 1. The topological polar surface area (TPSA) is 32.3 Å². The molecule has 0 atom stereocenters. The van der Waals surface area contributed by atoms with E-state index < -0.39 is 0 Å². The third-order valence-corrected chi connectivity index (χ3v) is 5.50. The first kappa shape index (κ1) is 13.4. The van der Waals surface area contributed by atoms with Crippen LogP contribution in [0.2, 0.25) is 0 Å². The monoisotopic (exact) mass is 264 g/mol. The Bertz CT molecular complexity index is 354. The molecule has 1 amide bonds. The molecule has 0 bridgehead atoms. The second-order valence-electron chi connectivity index (χ2n) is 7.61. The third kappa shape index (κ3) is 2.54. The number of hydrogen-bond donors (Lipinski definition) is 1. The van der Waals surface area contributed by atoms with Crippen LogP contribution >= 0.6 is 0 Å². The van der Waals surface area contributed by atoms with E-state index in [1.807, 2.05) is 0 Å². The molecular weight excluding hydrogens is 236 g/mol. The summed E-state index contributed by atoms with van der Waals surface area (Å²) in [5, 5.41) is 3.45. The molecule has 2 aliphatic heterocycles. The number of nitrogens with zero attached hydrogens (tertiary/aromatic N) is 1. The van der Waals surface area contributed by atoms with Gasteiger partial charge in [-0.15, -0.1) is 0 Å². The average Bonchev–Trinajstić information content (AvgIpc) is 3.04. The van der Waals surface area contributed by atoms with Gasteiger partial charge in [-0.25, -0.2) is 0 Å². The maximum atomic E-state index is 12.8. The number of carbonyl (C=O) groups excluding carboxylic acids is 1. The highest BCUT2D eigenvalue weighted by molar-refractivity contribution is 5.85. The molecule has 0 aromatic heterocycles. The Morgan fingerprint density at radius 2 is 1.84 bits per heavy atom. The molecule has 2 heterocycles. The van der Waals surface area contributed by atoms with Gasteiger partial charge in [-0.1, -0.05) is 13.8 Å². The first-order chi connectivity index (χ1) is 9.05. The first-order valence-electron chi connectivity index (χ1n) is 8.06. The number of carbonyl (C=O) groups is 1. The van der Waals surface area contributed by atoms with Crippen LogP contribution in [0.3, 0.4) is 0 Å². The summed E-state index contributed by atoms with van der Waals surface area (Å²) in [5.41, 5.74) is 0.501. The molecule has 0 unspecified atom stereocenters. The Kier molecular flexibility index (Phi) is 3.36. The van der Waals surface area contributed by atoms with Gasteiger partial charge in [-0.2, -0.15) is 0 Å². The molecule has 1 N–H and O–H groups in total. The van der Waals surface area contributed by atoms with Gasteiger partial charge in [0.05, 0.1) is 0 Å². The molecular formula is C16H28N2O. The zero-order valence-electron chi connectivity index (χ0n) is 12.5. The number of nitrogens with one attached hydrogen (secondary N) is 1. The summed E-state index contributed by atoms with van der Waals surface area (Å²) in [6.07, 6.45) is 7.11. The van der Waals surface area contributed by atoms with Crippen molar-refractivity contribution in [3.05, 3.63) is 0 Å². The number of amides is 1. The van der Waals surface area contributed by atoms with E-state index in [2.05, 4.69) is 24.1 Å². The minimum atomic E-state index is 0.0482. The van der Waals surface area contributed by atoms with Crippen molar-refractivity contribution in [2.24, 2.45) is 16.7 Å². The molecule has 108 valence electrons. The average molecular weight is 264 g/mol. The van der Waals surface area contributed by atoms with Crippen LogP contribution in [-0.4, -0.2) is 37.0 Å². The SMILES string of the molecule is CC(C)CC1(C(=O)N2CCC3(CCNCC3)C2)CC1. The number of likely N-dealkylation sites (tertiary alicyclic amines) is 1. The van der Waals surface area contributed by atoms with Crippen molar-refractivity contribution in [1.82, 2.24) is 10.2 Å². The van der Waals surface area contributed by atoms with Crippen molar-refractivity contribution in [3.63, 3.8) is 0 Å². The van der Waals surface area contributed by atoms with E-state index in [0.29, 0.717) is 17.2 Å². The van der Waals surface area contributed by atoms with E-state index in [1.165, 1.54) is 19.3 Å². The molecule has 3 aliphatic rings. The van der Waals surface area contributed by atoms with Gasteiger partial charge in [0.15, 0.2) is 0 Å². The van der Waals surface area contributed by atoms with Crippen LogP contribution in [0.1, 0.15) is 52.4 Å². The second kappa shape index (κ2) is 4.76. The van der Waals surface area contributed by atoms with Crippen LogP contribution in [0.4, 0.5) is 0 Å². The van der Waals surface area contributed by atoms with Crippen LogP contribution < -0.4 is 5.32 Å². The molecule has 1 aliphatic carbocycles. The summed E-state index contributed by atoms with van der Waals surface area (Å²) in [4.78, 5) is 15.0. The Hall–Kier alpha value is -0.570. The zero-order valence-corrected chi connectivity index (χ0v) is 12.5. The summed E-state index contributed by atoms with van der Waals surface area (Å²) in [7, 11) is 0. The van der Waals surface area contributed by atoms with E-state index in [0.717, 1.165) is 45.4 Å². The Morgan fingerprint density at radius 1 is 1.16 bits per heavy atom. The molecule has 0 aromatic carbocycles.